The van der Waals surface area contributed by atoms with Gasteiger partial charge in [-0.2, -0.15) is 5.26 Å². The zero-order valence-electron chi connectivity index (χ0n) is 15.6. The van der Waals surface area contributed by atoms with E-state index >= 15 is 0 Å². The highest BCUT2D eigenvalue weighted by atomic mass is 35.5. The van der Waals surface area contributed by atoms with Crippen molar-refractivity contribution in [1.82, 2.24) is 0 Å². The van der Waals surface area contributed by atoms with Crippen LogP contribution in [0.2, 0.25) is 5.02 Å². The van der Waals surface area contributed by atoms with Crippen molar-refractivity contribution in [2.24, 2.45) is 0 Å². The molecule has 1 aromatic heterocycles. The number of para-hydroxylation sites is 1. The summed E-state index contributed by atoms with van der Waals surface area (Å²) in [7, 11) is 1.39. The third-order valence-electron chi connectivity index (χ3n) is 4.06. The highest BCUT2D eigenvalue weighted by Crippen LogP contribution is 2.34. The van der Waals surface area contributed by atoms with Crippen molar-refractivity contribution < 1.29 is 18.9 Å². The molecule has 8 nitrogen and oxygen atoms in total. The van der Waals surface area contributed by atoms with Crippen molar-refractivity contribution in [3.05, 3.63) is 81.1 Å². The Morgan fingerprint density at radius 2 is 2.03 bits per heavy atom. The fraction of sp³-hybridized carbons (Fsp3) is 0.0476. The van der Waals surface area contributed by atoms with Gasteiger partial charge in [0.25, 0.3) is 11.6 Å². The fourth-order valence-electron chi connectivity index (χ4n) is 2.62. The van der Waals surface area contributed by atoms with Crippen LogP contribution in [0.1, 0.15) is 5.76 Å². The van der Waals surface area contributed by atoms with Crippen LogP contribution in [0.25, 0.3) is 17.4 Å². The molecule has 0 unspecified atom stereocenters. The van der Waals surface area contributed by atoms with Crippen LogP contribution in [0.3, 0.4) is 0 Å². The molecule has 30 heavy (non-hydrogen) atoms. The third-order valence-corrected chi connectivity index (χ3v) is 4.39. The first-order chi connectivity index (χ1) is 14.4. The molecule has 0 fully saturated rings. The summed E-state index contributed by atoms with van der Waals surface area (Å²) in [5, 5.41) is 23.2. The number of nitrogens with zero attached hydrogens (tertiary/aromatic N) is 2. The molecule has 150 valence electrons. The lowest BCUT2D eigenvalue weighted by atomic mass is 10.1. The number of halogens is 1. The van der Waals surface area contributed by atoms with E-state index in [0.29, 0.717) is 22.0 Å². The van der Waals surface area contributed by atoms with Crippen LogP contribution in [0.15, 0.2) is 64.6 Å². The van der Waals surface area contributed by atoms with E-state index in [0.717, 1.165) is 0 Å². The average molecular weight is 424 g/mol. The summed E-state index contributed by atoms with van der Waals surface area (Å²) < 4.78 is 10.9. The van der Waals surface area contributed by atoms with Crippen molar-refractivity contribution in [3.63, 3.8) is 0 Å². The van der Waals surface area contributed by atoms with Gasteiger partial charge in [-0.3, -0.25) is 14.9 Å². The summed E-state index contributed by atoms with van der Waals surface area (Å²) in [6, 6.07) is 15.8. The molecule has 0 saturated carbocycles. The number of hydrogen-bond acceptors (Lipinski definition) is 6. The van der Waals surface area contributed by atoms with Gasteiger partial charge in [-0.05, 0) is 30.3 Å². The molecule has 2 aromatic carbocycles. The number of non-ortho nitro benzene ring substituents is 1. The zero-order chi connectivity index (χ0) is 21.7. The summed E-state index contributed by atoms with van der Waals surface area (Å²) in [4.78, 5) is 22.8. The zero-order valence-corrected chi connectivity index (χ0v) is 16.3. The first-order valence-electron chi connectivity index (χ1n) is 8.53. The van der Waals surface area contributed by atoms with Gasteiger partial charge in [0, 0.05) is 12.1 Å². The first-order valence-corrected chi connectivity index (χ1v) is 8.91. The molecule has 1 heterocycles. The molecule has 0 saturated heterocycles. The molecule has 9 heteroatoms. The Hall–Kier alpha value is -4.09. The Morgan fingerprint density at radius 1 is 1.27 bits per heavy atom. The minimum Gasteiger partial charge on any atom is -0.496 e. The minimum atomic E-state index is -0.642. The van der Waals surface area contributed by atoms with E-state index in [9.17, 15) is 20.2 Å². The molecule has 1 amide bonds. The topological polar surface area (TPSA) is 118 Å². The summed E-state index contributed by atoms with van der Waals surface area (Å²) in [6.45, 7) is 0. The number of carbonyl (C=O) groups excluding carboxylic acids is 1. The summed E-state index contributed by atoms with van der Waals surface area (Å²) in [6.07, 6.45) is 1.29. The van der Waals surface area contributed by atoms with Crippen LogP contribution >= 0.6 is 11.6 Å². The average Bonchev–Trinajstić information content (AvgIpc) is 3.21. The fourth-order valence-corrected chi connectivity index (χ4v) is 2.80. The number of anilines is 1. The largest absolute Gasteiger partial charge is 0.496 e. The SMILES string of the molecule is COc1cc([N+](=O)[O-])ccc1-c1ccc(/C=C(\C#N)C(=O)Nc2ccccc2Cl)o1. The maximum absolute atomic E-state index is 12.4. The highest BCUT2D eigenvalue weighted by molar-refractivity contribution is 6.34. The standard InChI is InChI=1S/C21H14ClN3O5/c1-29-20-11-14(25(27)28)6-8-16(20)19-9-7-15(30-19)10-13(12-23)21(26)24-18-5-3-2-4-17(18)22/h2-11H,1H3,(H,24,26)/b13-10+. The van der Waals surface area contributed by atoms with E-state index in [-0.39, 0.29) is 22.8 Å². The van der Waals surface area contributed by atoms with Crippen LogP contribution in [0.4, 0.5) is 11.4 Å². The first kappa shape index (κ1) is 20.6. The Labute approximate surface area is 176 Å². The minimum absolute atomic E-state index is 0.120. The van der Waals surface area contributed by atoms with Crippen LogP contribution in [0, 0.1) is 21.4 Å². The van der Waals surface area contributed by atoms with Gasteiger partial charge < -0.3 is 14.5 Å². The van der Waals surface area contributed by atoms with Crippen LogP contribution in [0.5, 0.6) is 5.75 Å². The number of nitriles is 1. The predicted octanol–water partition coefficient (Wildman–Crippen LogP) is 5.06. The number of methoxy groups -OCH3 is 1. The van der Waals surface area contributed by atoms with Crippen molar-refractivity contribution in [1.29, 1.82) is 5.26 Å². The smallest absolute Gasteiger partial charge is 0.273 e. The number of amides is 1. The predicted molar refractivity (Wildman–Crippen MR) is 111 cm³/mol. The van der Waals surface area contributed by atoms with E-state index in [4.69, 9.17) is 20.8 Å². The highest BCUT2D eigenvalue weighted by Gasteiger charge is 2.16. The number of hydrogen-bond donors (Lipinski definition) is 1. The molecule has 0 aliphatic carbocycles. The molecule has 0 aliphatic rings. The number of nitrogens with one attached hydrogen (secondary N) is 1. The van der Waals surface area contributed by atoms with Gasteiger partial charge in [0.2, 0.25) is 0 Å². The van der Waals surface area contributed by atoms with Crippen LogP contribution in [-0.4, -0.2) is 17.9 Å². The van der Waals surface area contributed by atoms with Gasteiger partial charge in [-0.25, -0.2) is 0 Å². The Balaban J connectivity index is 1.87. The molecular formula is C21H14ClN3O5. The second kappa shape index (κ2) is 8.94. The van der Waals surface area contributed by atoms with Gasteiger partial charge in [-0.15, -0.1) is 0 Å². The van der Waals surface area contributed by atoms with E-state index < -0.39 is 10.8 Å². The third kappa shape index (κ3) is 4.48. The van der Waals surface area contributed by atoms with E-state index in [1.165, 1.54) is 31.4 Å². The van der Waals surface area contributed by atoms with Gasteiger partial charge in [0.15, 0.2) is 0 Å². The van der Waals surface area contributed by atoms with E-state index in [1.54, 1.807) is 36.4 Å². The number of rotatable bonds is 6. The van der Waals surface area contributed by atoms with Crippen molar-refractivity contribution in [2.45, 2.75) is 0 Å². The molecule has 1 N–H and O–H groups in total. The van der Waals surface area contributed by atoms with E-state index in [1.807, 2.05) is 6.07 Å². The van der Waals surface area contributed by atoms with Gasteiger partial charge >= 0.3 is 0 Å². The van der Waals surface area contributed by atoms with Crippen molar-refractivity contribution in [3.8, 4) is 23.1 Å². The summed E-state index contributed by atoms with van der Waals surface area (Å²) >= 11 is 6.02. The van der Waals surface area contributed by atoms with Crippen LogP contribution in [-0.2, 0) is 4.79 Å². The second-order valence-electron chi connectivity index (χ2n) is 5.95. The number of benzene rings is 2. The Kier molecular flexibility index (Phi) is 6.15. The molecule has 0 atom stereocenters. The maximum atomic E-state index is 12.4. The molecule has 0 aliphatic heterocycles. The second-order valence-corrected chi connectivity index (χ2v) is 6.35. The van der Waals surface area contributed by atoms with Gasteiger partial charge in [0.05, 0.1) is 34.4 Å². The molecule has 3 aromatic rings. The molecule has 0 radical (unpaired) electrons. The quantitative estimate of drug-likeness (QED) is 0.256. The summed E-state index contributed by atoms with van der Waals surface area (Å²) in [5.74, 6) is 0.218. The molecule has 0 bridgehead atoms. The van der Waals surface area contributed by atoms with Crippen molar-refractivity contribution in [2.75, 3.05) is 12.4 Å². The lowest BCUT2D eigenvalue weighted by molar-refractivity contribution is -0.384. The lowest BCUT2D eigenvalue weighted by Crippen LogP contribution is -2.13. The lowest BCUT2D eigenvalue weighted by Gasteiger charge is -2.06. The van der Waals surface area contributed by atoms with Crippen LogP contribution < -0.4 is 10.1 Å². The molecule has 3 rings (SSSR count). The normalized spacial score (nSPS) is 10.9. The number of nitro benzene ring substituents is 1. The number of ether oxygens (including phenoxy) is 1. The van der Waals surface area contributed by atoms with Gasteiger partial charge in [0.1, 0.15) is 28.9 Å². The maximum Gasteiger partial charge on any atom is 0.273 e. The number of carbonyl (C=O) groups is 1. The molecule has 0 spiro atoms. The number of furan rings is 1. The molecular weight excluding hydrogens is 410 g/mol. The Bertz CT molecular complexity index is 1190. The van der Waals surface area contributed by atoms with Crippen molar-refractivity contribution >= 4 is 35.0 Å². The Morgan fingerprint density at radius 3 is 2.70 bits per heavy atom. The van der Waals surface area contributed by atoms with E-state index in [2.05, 4.69) is 5.32 Å². The van der Waals surface area contributed by atoms with Gasteiger partial charge in [-0.1, -0.05) is 23.7 Å². The monoisotopic (exact) mass is 423 g/mol. The number of nitro groups is 1. The summed E-state index contributed by atoms with van der Waals surface area (Å²) in [5.41, 5.74) is 0.555.